The van der Waals surface area contributed by atoms with E-state index in [1.807, 2.05) is 6.92 Å². The van der Waals surface area contributed by atoms with E-state index in [4.69, 9.17) is 0 Å². The molecule has 1 nitrogen and oxygen atoms in total. The summed E-state index contributed by atoms with van der Waals surface area (Å²) < 4.78 is 26.4. The fourth-order valence-electron chi connectivity index (χ4n) is 1.74. The molecule has 0 fully saturated rings. The summed E-state index contributed by atoms with van der Waals surface area (Å²) in [5.74, 6) is -0.731. The van der Waals surface area contributed by atoms with Crippen LogP contribution >= 0.6 is 0 Å². The topological polar surface area (TPSA) is 12.0 Å². The predicted molar refractivity (Wildman–Crippen MR) is 71.6 cm³/mol. The summed E-state index contributed by atoms with van der Waals surface area (Å²) in [6, 6.07) is 4.06. The Kier molecular flexibility index (Phi) is 5.99. The number of allylic oxidation sites excluding steroid dienone is 1. The Morgan fingerprint density at radius 2 is 2.06 bits per heavy atom. The van der Waals surface area contributed by atoms with Gasteiger partial charge in [0.1, 0.15) is 11.6 Å². The van der Waals surface area contributed by atoms with Crippen molar-refractivity contribution in [1.29, 1.82) is 0 Å². The summed E-state index contributed by atoms with van der Waals surface area (Å²) in [5, 5.41) is 3.31. The van der Waals surface area contributed by atoms with Crippen molar-refractivity contribution in [3.05, 3.63) is 47.0 Å². The van der Waals surface area contributed by atoms with Crippen LogP contribution in [0, 0.1) is 11.6 Å². The number of rotatable bonds is 6. The van der Waals surface area contributed by atoms with Crippen LogP contribution < -0.4 is 5.32 Å². The van der Waals surface area contributed by atoms with Crippen LogP contribution in [0.4, 0.5) is 8.78 Å². The summed E-state index contributed by atoms with van der Waals surface area (Å²) in [4.78, 5) is 0. The summed E-state index contributed by atoms with van der Waals surface area (Å²) in [6.45, 7) is 7.04. The van der Waals surface area contributed by atoms with Crippen molar-refractivity contribution in [2.45, 2.75) is 39.7 Å². The maximum atomic E-state index is 13.4. The largest absolute Gasteiger partial charge is 0.314 e. The van der Waals surface area contributed by atoms with Gasteiger partial charge in [-0.1, -0.05) is 25.5 Å². The molecule has 0 unspecified atom stereocenters. The van der Waals surface area contributed by atoms with Gasteiger partial charge >= 0.3 is 0 Å². The molecule has 100 valence electrons. The van der Waals surface area contributed by atoms with Gasteiger partial charge in [0, 0.05) is 6.04 Å². The molecule has 0 bridgehead atoms. The molecule has 0 aromatic heterocycles. The Bertz CT molecular complexity index is 411. The van der Waals surface area contributed by atoms with Gasteiger partial charge in [-0.3, -0.25) is 0 Å². The van der Waals surface area contributed by atoms with Gasteiger partial charge < -0.3 is 5.32 Å². The smallest absolute Gasteiger partial charge is 0.126 e. The van der Waals surface area contributed by atoms with Crippen LogP contribution in [-0.2, 0) is 6.42 Å². The van der Waals surface area contributed by atoms with Crippen LogP contribution in [0.15, 0.2) is 29.8 Å². The summed E-state index contributed by atoms with van der Waals surface area (Å²) in [5.41, 5.74) is 1.48. The molecule has 0 radical (unpaired) electrons. The molecule has 0 spiro atoms. The first-order chi connectivity index (χ1) is 8.49. The second-order valence-electron chi connectivity index (χ2n) is 4.86. The fourth-order valence-corrected chi connectivity index (χ4v) is 1.74. The second-order valence-corrected chi connectivity index (χ2v) is 4.86. The average molecular weight is 253 g/mol. The van der Waals surface area contributed by atoms with Crippen molar-refractivity contribution >= 4 is 0 Å². The lowest BCUT2D eigenvalue weighted by Crippen LogP contribution is -2.23. The van der Waals surface area contributed by atoms with Crippen molar-refractivity contribution in [3.63, 3.8) is 0 Å². The van der Waals surface area contributed by atoms with E-state index < -0.39 is 0 Å². The first-order valence-corrected chi connectivity index (χ1v) is 6.32. The quantitative estimate of drug-likeness (QED) is 0.600. The van der Waals surface area contributed by atoms with Crippen molar-refractivity contribution in [1.82, 2.24) is 5.32 Å². The van der Waals surface area contributed by atoms with Crippen LogP contribution in [-0.4, -0.2) is 12.6 Å². The standard InChI is InChI=1S/C15H21F2N/c1-11(2)18-8-4-5-12(3)9-13-10-14(16)6-7-15(13)17/h5-7,10-11,18H,4,8-9H2,1-3H3. The van der Waals surface area contributed by atoms with Gasteiger partial charge in [-0.15, -0.1) is 0 Å². The molecule has 0 amide bonds. The minimum atomic E-state index is -0.388. The van der Waals surface area contributed by atoms with E-state index in [0.717, 1.165) is 24.6 Å². The Hall–Kier alpha value is -1.22. The average Bonchev–Trinajstić information content (AvgIpc) is 2.29. The van der Waals surface area contributed by atoms with E-state index in [0.29, 0.717) is 18.0 Å². The lowest BCUT2D eigenvalue weighted by Gasteiger charge is -2.07. The van der Waals surface area contributed by atoms with Crippen LogP contribution in [0.2, 0.25) is 0 Å². The molecule has 0 aliphatic carbocycles. The van der Waals surface area contributed by atoms with Crippen LogP contribution in [0.3, 0.4) is 0 Å². The number of nitrogens with one attached hydrogen (secondary N) is 1. The van der Waals surface area contributed by atoms with Gasteiger partial charge in [-0.2, -0.15) is 0 Å². The molecule has 18 heavy (non-hydrogen) atoms. The zero-order valence-corrected chi connectivity index (χ0v) is 11.3. The third kappa shape index (κ3) is 5.41. The molecule has 1 aromatic carbocycles. The van der Waals surface area contributed by atoms with Crippen molar-refractivity contribution in [3.8, 4) is 0 Å². The van der Waals surface area contributed by atoms with E-state index in [1.165, 1.54) is 12.1 Å². The van der Waals surface area contributed by atoms with E-state index in [9.17, 15) is 8.78 Å². The lowest BCUT2D eigenvalue weighted by molar-refractivity contribution is 0.586. The number of hydrogen-bond acceptors (Lipinski definition) is 1. The maximum Gasteiger partial charge on any atom is 0.126 e. The van der Waals surface area contributed by atoms with Gasteiger partial charge in [0.05, 0.1) is 0 Å². The Morgan fingerprint density at radius 1 is 1.33 bits per heavy atom. The van der Waals surface area contributed by atoms with E-state index in [1.54, 1.807) is 0 Å². The van der Waals surface area contributed by atoms with Gasteiger partial charge in [0.2, 0.25) is 0 Å². The van der Waals surface area contributed by atoms with Gasteiger partial charge in [-0.25, -0.2) is 8.78 Å². The highest BCUT2D eigenvalue weighted by molar-refractivity contribution is 5.23. The minimum Gasteiger partial charge on any atom is -0.314 e. The molecule has 0 saturated heterocycles. The molecule has 1 rings (SSSR count). The molecule has 1 aromatic rings. The number of hydrogen-bond donors (Lipinski definition) is 1. The Balaban J connectivity index is 2.50. The SMILES string of the molecule is CC(=CCCNC(C)C)Cc1cc(F)ccc1F. The summed E-state index contributed by atoms with van der Waals surface area (Å²) >= 11 is 0. The molecule has 0 heterocycles. The minimum absolute atomic E-state index is 0.343. The first kappa shape index (κ1) is 14.8. The molecule has 0 aliphatic heterocycles. The molecular formula is C15H21F2N. The highest BCUT2D eigenvalue weighted by Crippen LogP contribution is 2.14. The van der Waals surface area contributed by atoms with Gasteiger partial charge in [0.15, 0.2) is 0 Å². The van der Waals surface area contributed by atoms with E-state index in [2.05, 4.69) is 25.2 Å². The third-order valence-corrected chi connectivity index (χ3v) is 2.67. The van der Waals surface area contributed by atoms with Crippen LogP contribution in [0.1, 0.15) is 32.8 Å². The normalized spacial score (nSPS) is 12.2. The lowest BCUT2D eigenvalue weighted by atomic mass is 10.0. The molecule has 1 N–H and O–H groups in total. The van der Waals surface area contributed by atoms with Gasteiger partial charge in [0.25, 0.3) is 0 Å². The molecule has 0 atom stereocenters. The second kappa shape index (κ2) is 7.27. The fraction of sp³-hybridized carbons (Fsp3) is 0.467. The molecule has 0 saturated carbocycles. The highest BCUT2D eigenvalue weighted by Gasteiger charge is 2.04. The number of halogens is 2. The number of benzene rings is 1. The molecular weight excluding hydrogens is 232 g/mol. The molecule has 3 heteroatoms. The highest BCUT2D eigenvalue weighted by atomic mass is 19.1. The summed E-state index contributed by atoms with van der Waals surface area (Å²) in [6.07, 6.45) is 3.44. The maximum absolute atomic E-state index is 13.4. The Morgan fingerprint density at radius 3 is 2.72 bits per heavy atom. The van der Waals surface area contributed by atoms with E-state index >= 15 is 0 Å². The van der Waals surface area contributed by atoms with Crippen molar-refractivity contribution in [2.75, 3.05) is 6.54 Å². The Labute approximate surface area is 108 Å². The van der Waals surface area contributed by atoms with Crippen molar-refractivity contribution < 1.29 is 8.78 Å². The molecule has 0 aliphatic rings. The summed E-state index contributed by atoms with van der Waals surface area (Å²) in [7, 11) is 0. The van der Waals surface area contributed by atoms with E-state index in [-0.39, 0.29) is 11.6 Å². The first-order valence-electron chi connectivity index (χ1n) is 6.32. The van der Waals surface area contributed by atoms with Crippen molar-refractivity contribution in [2.24, 2.45) is 0 Å². The zero-order valence-electron chi connectivity index (χ0n) is 11.3. The predicted octanol–water partition coefficient (Wildman–Crippen LogP) is 3.84. The zero-order chi connectivity index (χ0) is 13.5. The van der Waals surface area contributed by atoms with Crippen LogP contribution in [0.5, 0.6) is 0 Å². The third-order valence-electron chi connectivity index (χ3n) is 2.67. The van der Waals surface area contributed by atoms with Crippen LogP contribution in [0.25, 0.3) is 0 Å². The monoisotopic (exact) mass is 253 g/mol. The van der Waals surface area contributed by atoms with Gasteiger partial charge in [-0.05, 0) is 50.1 Å².